The van der Waals surface area contributed by atoms with Gasteiger partial charge in [-0.1, -0.05) is 35.1 Å². The van der Waals surface area contributed by atoms with E-state index in [0.717, 1.165) is 16.9 Å². The second-order valence-electron chi connectivity index (χ2n) is 6.06. The fourth-order valence-corrected chi connectivity index (χ4v) is 4.97. The Kier molecular flexibility index (Phi) is 4.92. The number of pyridine rings is 1. The highest BCUT2D eigenvalue weighted by atomic mass is 35.5. The van der Waals surface area contributed by atoms with Gasteiger partial charge >= 0.3 is 4.87 Å². The molecule has 4 rings (SSSR count). The van der Waals surface area contributed by atoms with Gasteiger partial charge in [0.25, 0.3) is 10.0 Å². The number of benzene rings is 2. The Morgan fingerprint density at radius 3 is 2.61 bits per heavy atom. The van der Waals surface area contributed by atoms with Crippen LogP contribution in [-0.2, 0) is 16.6 Å². The largest absolute Gasteiger partial charge is 0.308 e. The van der Waals surface area contributed by atoms with Crippen molar-refractivity contribution in [3.63, 3.8) is 0 Å². The quantitative estimate of drug-likeness (QED) is 0.518. The molecule has 0 aliphatic rings. The molecule has 142 valence electrons. The maximum Gasteiger partial charge on any atom is 0.308 e. The lowest BCUT2D eigenvalue weighted by atomic mass is 10.2. The molecule has 2 aromatic carbocycles. The molecule has 0 aliphatic carbocycles. The van der Waals surface area contributed by atoms with Crippen LogP contribution >= 0.6 is 22.9 Å². The van der Waals surface area contributed by atoms with Crippen LogP contribution in [0.4, 0.5) is 5.69 Å². The number of thiazole rings is 1. The normalized spacial score (nSPS) is 11.6. The minimum atomic E-state index is -3.78. The van der Waals surface area contributed by atoms with E-state index >= 15 is 0 Å². The van der Waals surface area contributed by atoms with Crippen LogP contribution in [0.2, 0.25) is 5.02 Å². The third-order valence-corrected chi connectivity index (χ3v) is 6.69. The van der Waals surface area contributed by atoms with Crippen molar-refractivity contribution in [1.82, 2.24) is 9.55 Å². The fourth-order valence-electron chi connectivity index (χ4n) is 2.77. The number of sulfonamides is 1. The molecule has 0 aliphatic heterocycles. The van der Waals surface area contributed by atoms with Crippen molar-refractivity contribution < 1.29 is 8.42 Å². The van der Waals surface area contributed by atoms with E-state index < -0.39 is 10.0 Å². The summed E-state index contributed by atoms with van der Waals surface area (Å²) in [6, 6.07) is 15.2. The van der Waals surface area contributed by atoms with Crippen LogP contribution in [-0.4, -0.2) is 18.0 Å². The molecule has 9 heteroatoms. The van der Waals surface area contributed by atoms with Crippen LogP contribution in [0.15, 0.2) is 76.7 Å². The van der Waals surface area contributed by atoms with Crippen LogP contribution in [0, 0.1) is 0 Å². The highest BCUT2D eigenvalue weighted by molar-refractivity contribution is 7.92. The van der Waals surface area contributed by atoms with Crippen molar-refractivity contribution in [1.29, 1.82) is 0 Å². The molecule has 0 unspecified atom stereocenters. The van der Waals surface area contributed by atoms with E-state index in [4.69, 9.17) is 11.6 Å². The lowest BCUT2D eigenvalue weighted by molar-refractivity contribution is 0.601. The molecule has 0 radical (unpaired) electrons. The molecule has 6 nitrogen and oxygen atoms in total. The first kappa shape index (κ1) is 18.7. The van der Waals surface area contributed by atoms with Crippen molar-refractivity contribution >= 4 is 48.9 Å². The summed E-state index contributed by atoms with van der Waals surface area (Å²) in [5, 5.41) is 0.627. The highest BCUT2D eigenvalue weighted by Gasteiger charge is 2.17. The Morgan fingerprint density at radius 2 is 1.89 bits per heavy atom. The van der Waals surface area contributed by atoms with Crippen molar-refractivity contribution in [2.24, 2.45) is 0 Å². The molecule has 0 saturated heterocycles. The number of anilines is 1. The highest BCUT2D eigenvalue weighted by Crippen LogP contribution is 2.24. The van der Waals surface area contributed by atoms with E-state index in [9.17, 15) is 13.2 Å². The van der Waals surface area contributed by atoms with Crippen LogP contribution < -0.4 is 9.60 Å². The second kappa shape index (κ2) is 7.38. The first-order valence-corrected chi connectivity index (χ1v) is 10.9. The van der Waals surface area contributed by atoms with Gasteiger partial charge in [-0.25, -0.2) is 8.42 Å². The number of nitrogens with one attached hydrogen (secondary N) is 1. The Labute approximate surface area is 170 Å². The monoisotopic (exact) mass is 431 g/mol. The van der Waals surface area contributed by atoms with Gasteiger partial charge < -0.3 is 0 Å². The topological polar surface area (TPSA) is 81.1 Å². The molecule has 1 N–H and O–H groups in total. The number of hydrogen-bond acceptors (Lipinski definition) is 5. The first-order chi connectivity index (χ1) is 13.4. The van der Waals surface area contributed by atoms with Gasteiger partial charge in [-0.3, -0.25) is 19.1 Å². The smallest absolute Gasteiger partial charge is 0.294 e. The summed E-state index contributed by atoms with van der Waals surface area (Å²) in [5.41, 5.74) is 1.99. The van der Waals surface area contributed by atoms with Gasteiger partial charge in [0.05, 0.1) is 33.5 Å². The lowest BCUT2D eigenvalue weighted by Crippen LogP contribution is -2.14. The summed E-state index contributed by atoms with van der Waals surface area (Å²) < 4.78 is 30.0. The van der Waals surface area contributed by atoms with Crippen molar-refractivity contribution in [2.75, 3.05) is 4.72 Å². The SMILES string of the molecule is O=c1sc2cc(S(=O)(=O)Nc3cccnc3)ccc2n1Cc1ccc(Cl)cc1. The molecule has 0 saturated carbocycles. The standard InChI is InChI=1S/C19H14ClN3O3S2/c20-14-5-3-13(4-6-14)12-23-17-8-7-16(10-18(17)27-19(23)24)28(25,26)22-15-2-1-9-21-11-15/h1-11,22H,12H2. The third-order valence-electron chi connectivity index (χ3n) is 4.12. The van der Waals surface area contributed by atoms with Gasteiger partial charge in [0, 0.05) is 11.2 Å². The van der Waals surface area contributed by atoms with E-state index in [1.54, 1.807) is 41.1 Å². The van der Waals surface area contributed by atoms with Crippen molar-refractivity contribution in [2.45, 2.75) is 11.4 Å². The molecular formula is C19H14ClN3O3S2. The molecule has 4 aromatic rings. The molecule has 2 aromatic heterocycles. The van der Waals surface area contributed by atoms with Gasteiger partial charge in [-0.15, -0.1) is 0 Å². The minimum Gasteiger partial charge on any atom is -0.294 e. The molecule has 0 atom stereocenters. The van der Waals surface area contributed by atoms with Crippen molar-refractivity contribution in [3.05, 3.63) is 87.2 Å². The van der Waals surface area contributed by atoms with Gasteiger partial charge in [0.1, 0.15) is 0 Å². The Bertz CT molecular complexity index is 1300. The Balaban J connectivity index is 1.69. The van der Waals surface area contributed by atoms with E-state index in [1.807, 2.05) is 12.1 Å². The van der Waals surface area contributed by atoms with Gasteiger partial charge in [0.15, 0.2) is 0 Å². The average molecular weight is 432 g/mol. The third kappa shape index (κ3) is 3.80. The Hall–Kier alpha value is -2.68. The molecule has 2 heterocycles. The first-order valence-electron chi connectivity index (χ1n) is 8.23. The second-order valence-corrected chi connectivity index (χ2v) is 9.17. The van der Waals surface area contributed by atoms with E-state index in [0.29, 0.717) is 27.5 Å². The van der Waals surface area contributed by atoms with Crippen LogP contribution in [0.1, 0.15) is 5.56 Å². The zero-order valence-corrected chi connectivity index (χ0v) is 16.8. The van der Waals surface area contributed by atoms with E-state index in [2.05, 4.69) is 9.71 Å². The molecule has 28 heavy (non-hydrogen) atoms. The van der Waals surface area contributed by atoms with Crippen molar-refractivity contribution in [3.8, 4) is 0 Å². The molecule has 0 spiro atoms. The van der Waals surface area contributed by atoms with Crippen LogP contribution in [0.25, 0.3) is 10.2 Å². The number of hydrogen-bond donors (Lipinski definition) is 1. The summed E-state index contributed by atoms with van der Waals surface area (Å²) in [6.07, 6.45) is 2.99. The summed E-state index contributed by atoms with van der Waals surface area (Å²) in [7, 11) is -3.78. The average Bonchev–Trinajstić information content (AvgIpc) is 2.98. The zero-order chi connectivity index (χ0) is 19.7. The number of fused-ring (bicyclic) bond motifs is 1. The van der Waals surface area contributed by atoms with Gasteiger partial charge in [-0.2, -0.15) is 0 Å². The fraction of sp³-hybridized carbons (Fsp3) is 0.0526. The predicted molar refractivity (Wildman–Crippen MR) is 112 cm³/mol. The van der Waals surface area contributed by atoms with Gasteiger partial charge in [0.2, 0.25) is 0 Å². The number of nitrogens with zero attached hydrogens (tertiary/aromatic N) is 2. The maximum absolute atomic E-state index is 12.6. The maximum atomic E-state index is 12.6. The number of rotatable bonds is 5. The number of halogens is 1. The summed E-state index contributed by atoms with van der Waals surface area (Å²) in [6.45, 7) is 0.385. The van der Waals surface area contributed by atoms with Crippen LogP contribution in [0.5, 0.6) is 0 Å². The Morgan fingerprint density at radius 1 is 1.11 bits per heavy atom. The zero-order valence-electron chi connectivity index (χ0n) is 14.4. The van der Waals surface area contributed by atoms with E-state index in [-0.39, 0.29) is 9.77 Å². The molecular weight excluding hydrogens is 418 g/mol. The summed E-state index contributed by atoms with van der Waals surface area (Å²) >= 11 is 6.92. The lowest BCUT2D eigenvalue weighted by Gasteiger charge is -2.08. The molecule has 0 amide bonds. The number of aromatic nitrogens is 2. The summed E-state index contributed by atoms with van der Waals surface area (Å²) in [5.74, 6) is 0. The molecule has 0 bridgehead atoms. The van der Waals surface area contributed by atoms with Crippen LogP contribution in [0.3, 0.4) is 0 Å². The van der Waals surface area contributed by atoms with Gasteiger partial charge in [-0.05, 0) is 48.0 Å². The minimum absolute atomic E-state index is 0.0868. The molecule has 0 fully saturated rings. The van der Waals surface area contributed by atoms with E-state index in [1.165, 1.54) is 18.3 Å². The predicted octanol–water partition coefficient (Wildman–Crippen LogP) is 3.96. The summed E-state index contributed by atoms with van der Waals surface area (Å²) in [4.78, 5) is 16.3.